The highest BCUT2D eigenvalue weighted by Gasteiger charge is 2.17. The Morgan fingerprint density at radius 1 is 0.694 bits per heavy atom. The number of nitrogens with one attached hydrogen (secondary N) is 1. The van der Waals surface area contributed by atoms with Gasteiger partial charge in [0.25, 0.3) is 0 Å². The lowest BCUT2D eigenvalue weighted by molar-refractivity contribution is 0.206. The highest BCUT2D eigenvalue weighted by molar-refractivity contribution is 5.89. The fourth-order valence-electron chi connectivity index (χ4n) is 3.77. The molecule has 6 heteroatoms. The van der Waals surface area contributed by atoms with Gasteiger partial charge >= 0.3 is 6.03 Å². The Labute approximate surface area is 212 Å². The maximum atomic E-state index is 13.3. The molecule has 184 valence electrons. The van der Waals surface area contributed by atoms with Crippen molar-refractivity contribution in [2.75, 3.05) is 19.5 Å². The number of hydrogen-bond acceptors (Lipinski definition) is 4. The Kier molecular flexibility index (Phi) is 8.44. The van der Waals surface area contributed by atoms with Gasteiger partial charge in [0.05, 0.1) is 14.2 Å². The molecular weight excluding hydrogens is 452 g/mol. The van der Waals surface area contributed by atoms with Crippen molar-refractivity contribution in [1.82, 2.24) is 4.90 Å². The number of ether oxygens (including phenoxy) is 3. The van der Waals surface area contributed by atoms with E-state index in [1.807, 2.05) is 103 Å². The summed E-state index contributed by atoms with van der Waals surface area (Å²) in [6.45, 7) is 1.27. The second-order valence-electron chi connectivity index (χ2n) is 8.26. The first-order valence-corrected chi connectivity index (χ1v) is 11.7. The van der Waals surface area contributed by atoms with Crippen LogP contribution in [0.4, 0.5) is 10.5 Å². The first kappa shape index (κ1) is 24.7. The first-order chi connectivity index (χ1) is 17.6. The number of benzene rings is 4. The molecule has 0 aliphatic rings. The third-order valence-corrected chi connectivity index (χ3v) is 5.68. The van der Waals surface area contributed by atoms with E-state index < -0.39 is 0 Å². The Hall–Kier alpha value is -4.45. The Bertz CT molecular complexity index is 1250. The van der Waals surface area contributed by atoms with Crippen molar-refractivity contribution in [3.8, 4) is 17.2 Å². The number of carbonyl (C=O) groups is 1. The van der Waals surface area contributed by atoms with Gasteiger partial charge in [-0.15, -0.1) is 0 Å². The van der Waals surface area contributed by atoms with E-state index >= 15 is 0 Å². The summed E-state index contributed by atoms with van der Waals surface area (Å²) in [6, 6.07) is 32.7. The molecule has 0 unspecified atom stereocenters. The fraction of sp³-hybridized carbons (Fsp3) is 0.167. The van der Waals surface area contributed by atoms with Gasteiger partial charge in [-0.2, -0.15) is 0 Å². The van der Waals surface area contributed by atoms with Crippen molar-refractivity contribution in [1.29, 1.82) is 0 Å². The average molecular weight is 483 g/mol. The minimum Gasteiger partial charge on any atom is -0.497 e. The maximum Gasteiger partial charge on any atom is 0.322 e. The molecule has 6 nitrogen and oxygen atoms in total. The van der Waals surface area contributed by atoms with Gasteiger partial charge in [-0.1, -0.05) is 66.7 Å². The standard InChI is InChI=1S/C30H30N2O4/c1-34-27-16-14-26(15-17-27)31-30(33)32(20-23-9-5-3-6-10-23)21-25-13-18-28(35-2)29(19-25)36-22-24-11-7-4-8-12-24/h3-19H,20-22H2,1-2H3,(H,31,33). The van der Waals surface area contributed by atoms with Crippen LogP contribution in [0.5, 0.6) is 17.2 Å². The summed E-state index contributed by atoms with van der Waals surface area (Å²) in [5.74, 6) is 2.01. The van der Waals surface area contributed by atoms with Crippen LogP contribution in [0, 0.1) is 0 Å². The zero-order chi connectivity index (χ0) is 25.2. The summed E-state index contributed by atoms with van der Waals surface area (Å²) in [5.41, 5.74) is 3.73. The Balaban J connectivity index is 1.53. The van der Waals surface area contributed by atoms with Gasteiger partial charge in [-0.25, -0.2) is 4.79 Å². The van der Waals surface area contributed by atoms with Crippen LogP contribution in [0.2, 0.25) is 0 Å². The normalized spacial score (nSPS) is 10.4. The SMILES string of the molecule is COc1ccc(NC(=O)N(Cc2ccccc2)Cc2ccc(OC)c(OCc3ccccc3)c2)cc1. The molecular formula is C30H30N2O4. The van der Waals surface area contributed by atoms with E-state index in [1.165, 1.54) is 0 Å². The molecule has 36 heavy (non-hydrogen) atoms. The molecule has 0 bridgehead atoms. The molecule has 0 aliphatic carbocycles. The van der Waals surface area contributed by atoms with Gasteiger partial charge in [0, 0.05) is 18.8 Å². The lowest BCUT2D eigenvalue weighted by atomic mass is 10.1. The van der Waals surface area contributed by atoms with E-state index in [-0.39, 0.29) is 6.03 Å². The molecule has 0 saturated carbocycles. The lowest BCUT2D eigenvalue weighted by Gasteiger charge is -2.24. The number of rotatable bonds is 10. The molecule has 0 heterocycles. The Morgan fingerprint density at radius 3 is 1.97 bits per heavy atom. The molecule has 0 fully saturated rings. The van der Waals surface area contributed by atoms with Crippen LogP contribution in [0.1, 0.15) is 16.7 Å². The van der Waals surface area contributed by atoms with Crippen molar-refractivity contribution in [3.63, 3.8) is 0 Å². The monoisotopic (exact) mass is 482 g/mol. The number of methoxy groups -OCH3 is 2. The van der Waals surface area contributed by atoms with E-state index in [1.54, 1.807) is 19.1 Å². The van der Waals surface area contributed by atoms with E-state index in [0.29, 0.717) is 36.9 Å². The first-order valence-electron chi connectivity index (χ1n) is 11.7. The van der Waals surface area contributed by atoms with Crippen LogP contribution in [0.3, 0.4) is 0 Å². The largest absolute Gasteiger partial charge is 0.497 e. The molecule has 2 amide bonds. The van der Waals surface area contributed by atoms with Crippen LogP contribution in [0.25, 0.3) is 0 Å². The zero-order valence-electron chi connectivity index (χ0n) is 20.5. The number of nitrogens with zero attached hydrogens (tertiary/aromatic N) is 1. The van der Waals surface area contributed by atoms with E-state index in [0.717, 1.165) is 22.4 Å². The van der Waals surface area contributed by atoms with Gasteiger partial charge in [0.15, 0.2) is 11.5 Å². The van der Waals surface area contributed by atoms with Crippen LogP contribution < -0.4 is 19.5 Å². The maximum absolute atomic E-state index is 13.3. The minimum atomic E-state index is -0.202. The average Bonchev–Trinajstić information content (AvgIpc) is 2.93. The second-order valence-corrected chi connectivity index (χ2v) is 8.26. The van der Waals surface area contributed by atoms with Crippen LogP contribution in [0.15, 0.2) is 103 Å². The molecule has 0 saturated heterocycles. The molecule has 4 aromatic carbocycles. The molecule has 0 aliphatic heterocycles. The molecule has 0 atom stereocenters. The van der Waals surface area contributed by atoms with Crippen molar-refractivity contribution in [3.05, 3.63) is 120 Å². The number of amides is 2. The second kappa shape index (κ2) is 12.3. The van der Waals surface area contributed by atoms with Crippen LogP contribution in [-0.2, 0) is 19.7 Å². The summed E-state index contributed by atoms with van der Waals surface area (Å²) in [5, 5.41) is 2.99. The summed E-state index contributed by atoms with van der Waals surface area (Å²) >= 11 is 0. The summed E-state index contributed by atoms with van der Waals surface area (Å²) in [4.78, 5) is 15.1. The molecule has 0 spiro atoms. The summed E-state index contributed by atoms with van der Waals surface area (Å²) < 4.78 is 16.8. The van der Waals surface area contributed by atoms with Gasteiger partial charge in [0.1, 0.15) is 12.4 Å². The third-order valence-electron chi connectivity index (χ3n) is 5.68. The molecule has 0 aromatic heterocycles. The van der Waals surface area contributed by atoms with Gasteiger partial charge in [-0.05, 0) is 53.1 Å². The minimum absolute atomic E-state index is 0.202. The fourth-order valence-corrected chi connectivity index (χ4v) is 3.77. The zero-order valence-corrected chi connectivity index (χ0v) is 20.5. The molecule has 4 rings (SSSR count). The van der Waals surface area contributed by atoms with Crippen molar-refractivity contribution < 1.29 is 19.0 Å². The van der Waals surface area contributed by atoms with Gasteiger partial charge in [0.2, 0.25) is 0 Å². The van der Waals surface area contributed by atoms with Crippen molar-refractivity contribution >= 4 is 11.7 Å². The number of hydrogen-bond donors (Lipinski definition) is 1. The third kappa shape index (κ3) is 6.79. The predicted octanol–water partition coefficient (Wildman–Crippen LogP) is 6.52. The Morgan fingerprint density at radius 2 is 1.33 bits per heavy atom. The van der Waals surface area contributed by atoms with Crippen LogP contribution in [-0.4, -0.2) is 25.2 Å². The van der Waals surface area contributed by atoms with Crippen molar-refractivity contribution in [2.24, 2.45) is 0 Å². The van der Waals surface area contributed by atoms with E-state index in [2.05, 4.69) is 5.32 Å². The van der Waals surface area contributed by atoms with Crippen molar-refractivity contribution in [2.45, 2.75) is 19.7 Å². The lowest BCUT2D eigenvalue weighted by Crippen LogP contribution is -2.34. The van der Waals surface area contributed by atoms with E-state index in [4.69, 9.17) is 14.2 Å². The highest BCUT2D eigenvalue weighted by atomic mass is 16.5. The summed E-state index contributed by atoms with van der Waals surface area (Å²) in [7, 11) is 3.23. The molecule has 4 aromatic rings. The quantitative estimate of drug-likeness (QED) is 0.280. The van der Waals surface area contributed by atoms with E-state index in [9.17, 15) is 4.79 Å². The highest BCUT2D eigenvalue weighted by Crippen LogP contribution is 2.30. The summed E-state index contributed by atoms with van der Waals surface area (Å²) in [6.07, 6.45) is 0. The van der Waals surface area contributed by atoms with Gasteiger partial charge in [-0.3, -0.25) is 0 Å². The molecule has 0 radical (unpaired) electrons. The number of anilines is 1. The predicted molar refractivity (Wildman–Crippen MR) is 141 cm³/mol. The van der Waals surface area contributed by atoms with Gasteiger partial charge < -0.3 is 24.4 Å². The smallest absolute Gasteiger partial charge is 0.322 e. The number of urea groups is 1. The topological polar surface area (TPSA) is 60.0 Å². The van der Waals surface area contributed by atoms with Crippen LogP contribution >= 0.6 is 0 Å². The molecule has 1 N–H and O–H groups in total. The number of carbonyl (C=O) groups excluding carboxylic acids is 1.